The van der Waals surface area contributed by atoms with Gasteiger partial charge in [-0.1, -0.05) is 0 Å². The van der Waals surface area contributed by atoms with E-state index in [1.807, 2.05) is 17.4 Å². The highest BCUT2D eigenvalue weighted by Crippen LogP contribution is 2.34. The van der Waals surface area contributed by atoms with E-state index in [9.17, 15) is 4.79 Å². The molecule has 0 spiro atoms. The Kier molecular flexibility index (Phi) is 4.24. The van der Waals surface area contributed by atoms with Crippen molar-refractivity contribution in [1.82, 2.24) is 4.90 Å². The molecule has 1 N–H and O–H groups in total. The van der Waals surface area contributed by atoms with Crippen molar-refractivity contribution < 1.29 is 9.90 Å². The normalized spacial score (nSPS) is 19.0. The van der Waals surface area contributed by atoms with Crippen molar-refractivity contribution in [2.45, 2.75) is 25.9 Å². The Labute approximate surface area is 132 Å². The molecule has 0 bridgehead atoms. The molecule has 21 heavy (non-hydrogen) atoms. The molecule has 0 amide bonds. The van der Waals surface area contributed by atoms with Gasteiger partial charge in [0.25, 0.3) is 0 Å². The summed E-state index contributed by atoms with van der Waals surface area (Å²) in [5.41, 5.74) is 1.47. The van der Waals surface area contributed by atoms with Crippen molar-refractivity contribution in [2.75, 3.05) is 6.54 Å². The second-order valence-corrected chi connectivity index (χ2v) is 7.37. The lowest BCUT2D eigenvalue weighted by molar-refractivity contribution is -0.131. The highest BCUT2D eigenvalue weighted by molar-refractivity contribution is 7.12. The standard InChI is InChI=1S/C16H17NO2S2/c1-11-14-7-9-20-15(14)6-8-17(11)10-13-3-2-12(21-13)4-5-16(18)19/h2-5,7,9,11H,6,8,10H2,1H3,(H,18,19). The second-order valence-electron chi connectivity index (χ2n) is 5.17. The van der Waals surface area contributed by atoms with Crippen molar-refractivity contribution in [3.05, 3.63) is 49.9 Å². The van der Waals surface area contributed by atoms with Crippen molar-refractivity contribution in [1.29, 1.82) is 0 Å². The topological polar surface area (TPSA) is 40.5 Å². The minimum atomic E-state index is -0.903. The van der Waals surface area contributed by atoms with Gasteiger partial charge in [-0.3, -0.25) is 4.90 Å². The molecule has 5 heteroatoms. The van der Waals surface area contributed by atoms with E-state index in [-0.39, 0.29) is 0 Å². The van der Waals surface area contributed by atoms with Gasteiger partial charge in [0.05, 0.1) is 0 Å². The van der Waals surface area contributed by atoms with Gasteiger partial charge < -0.3 is 5.11 Å². The maximum absolute atomic E-state index is 10.5. The molecule has 0 fully saturated rings. The molecule has 2 aromatic rings. The van der Waals surface area contributed by atoms with Crippen LogP contribution in [0.3, 0.4) is 0 Å². The highest BCUT2D eigenvalue weighted by Gasteiger charge is 2.24. The molecular weight excluding hydrogens is 302 g/mol. The van der Waals surface area contributed by atoms with Crippen molar-refractivity contribution in [2.24, 2.45) is 0 Å². The Bertz CT molecular complexity index is 671. The first-order valence-electron chi connectivity index (χ1n) is 6.93. The van der Waals surface area contributed by atoms with Gasteiger partial charge in [-0.05, 0) is 48.6 Å². The van der Waals surface area contributed by atoms with Gasteiger partial charge in [-0.15, -0.1) is 22.7 Å². The molecule has 0 radical (unpaired) electrons. The quantitative estimate of drug-likeness (QED) is 0.865. The number of carboxylic acids is 1. The molecule has 3 rings (SSSR count). The van der Waals surface area contributed by atoms with Crippen LogP contribution in [0.5, 0.6) is 0 Å². The van der Waals surface area contributed by atoms with Crippen LogP contribution in [0.4, 0.5) is 0 Å². The first kappa shape index (κ1) is 14.5. The number of carboxylic acid groups (broad SMARTS) is 1. The fourth-order valence-corrected chi connectivity index (χ4v) is 4.60. The molecule has 1 aliphatic heterocycles. The number of fused-ring (bicyclic) bond motifs is 1. The van der Waals surface area contributed by atoms with E-state index in [0.29, 0.717) is 6.04 Å². The largest absolute Gasteiger partial charge is 0.478 e. The maximum Gasteiger partial charge on any atom is 0.328 e. The summed E-state index contributed by atoms with van der Waals surface area (Å²) in [4.78, 5) is 16.8. The lowest BCUT2D eigenvalue weighted by atomic mass is 10.0. The zero-order valence-electron chi connectivity index (χ0n) is 11.8. The highest BCUT2D eigenvalue weighted by atomic mass is 32.1. The SMILES string of the molecule is CC1c2ccsc2CCN1Cc1ccc(C=CC(=O)O)s1. The molecule has 3 heterocycles. The van der Waals surface area contributed by atoms with E-state index in [1.165, 1.54) is 21.4 Å². The molecule has 1 atom stereocenters. The van der Waals surface area contributed by atoms with Gasteiger partial charge in [0.2, 0.25) is 0 Å². The molecule has 1 aliphatic rings. The Balaban J connectivity index is 1.69. The molecule has 0 saturated carbocycles. The van der Waals surface area contributed by atoms with Gasteiger partial charge in [0.1, 0.15) is 0 Å². The number of nitrogens with zero attached hydrogens (tertiary/aromatic N) is 1. The fraction of sp³-hybridized carbons (Fsp3) is 0.312. The van der Waals surface area contributed by atoms with E-state index in [2.05, 4.69) is 29.3 Å². The number of rotatable bonds is 4. The van der Waals surface area contributed by atoms with E-state index < -0.39 is 5.97 Å². The van der Waals surface area contributed by atoms with Gasteiger partial charge in [0, 0.05) is 39.8 Å². The smallest absolute Gasteiger partial charge is 0.328 e. The Morgan fingerprint density at radius 2 is 2.33 bits per heavy atom. The predicted octanol–water partition coefficient (Wildman–Crippen LogP) is 4.03. The summed E-state index contributed by atoms with van der Waals surface area (Å²) in [6.07, 6.45) is 3.98. The van der Waals surface area contributed by atoms with Gasteiger partial charge in [-0.25, -0.2) is 4.79 Å². The van der Waals surface area contributed by atoms with Crippen LogP contribution in [0.1, 0.15) is 33.2 Å². The third-order valence-electron chi connectivity index (χ3n) is 3.84. The average Bonchev–Trinajstić information content (AvgIpc) is 3.09. The summed E-state index contributed by atoms with van der Waals surface area (Å²) in [5.74, 6) is -0.903. The van der Waals surface area contributed by atoms with Crippen LogP contribution in [0.2, 0.25) is 0 Å². The number of aliphatic carboxylic acids is 1. The average molecular weight is 319 g/mol. The van der Waals surface area contributed by atoms with Crippen molar-refractivity contribution >= 4 is 34.7 Å². The van der Waals surface area contributed by atoms with Gasteiger partial charge in [-0.2, -0.15) is 0 Å². The Hall–Kier alpha value is -1.43. The molecular formula is C16H17NO2S2. The first-order chi connectivity index (χ1) is 10.1. The summed E-state index contributed by atoms with van der Waals surface area (Å²) in [6, 6.07) is 6.79. The Morgan fingerprint density at radius 3 is 3.14 bits per heavy atom. The molecule has 0 aromatic carbocycles. The van der Waals surface area contributed by atoms with E-state index in [0.717, 1.165) is 24.4 Å². The molecule has 1 unspecified atom stereocenters. The van der Waals surface area contributed by atoms with Gasteiger partial charge in [0.15, 0.2) is 0 Å². The zero-order chi connectivity index (χ0) is 14.8. The minimum absolute atomic E-state index is 0.458. The predicted molar refractivity (Wildman–Crippen MR) is 87.8 cm³/mol. The van der Waals surface area contributed by atoms with E-state index in [1.54, 1.807) is 17.4 Å². The summed E-state index contributed by atoms with van der Waals surface area (Å²) in [6.45, 7) is 4.29. The second kappa shape index (κ2) is 6.13. The molecule has 0 saturated heterocycles. The number of hydrogen-bond acceptors (Lipinski definition) is 4. The lowest BCUT2D eigenvalue weighted by Gasteiger charge is -2.33. The monoisotopic (exact) mass is 319 g/mol. The van der Waals surface area contributed by atoms with E-state index in [4.69, 9.17) is 5.11 Å². The lowest BCUT2D eigenvalue weighted by Crippen LogP contribution is -2.32. The maximum atomic E-state index is 10.5. The summed E-state index contributed by atoms with van der Waals surface area (Å²) in [7, 11) is 0. The van der Waals surface area contributed by atoms with Crippen molar-refractivity contribution in [3.63, 3.8) is 0 Å². The summed E-state index contributed by atoms with van der Waals surface area (Å²) >= 11 is 3.53. The van der Waals surface area contributed by atoms with E-state index >= 15 is 0 Å². The third-order valence-corrected chi connectivity index (χ3v) is 5.87. The third kappa shape index (κ3) is 3.26. The molecule has 3 nitrogen and oxygen atoms in total. The van der Waals surface area contributed by atoms with Gasteiger partial charge >= 0.3 is 5.97 Å². The molecule has 0 aliphatic carbocycles. The van der Waals surface area contributed by atoms with Crippen LogP contribution in [-0.2, 0) is 17.8 Å². The fourth-order valence-electron chi connectivity index (χ4n) is 2.70. The zero-order valence-corrected chi connectivity index (χ0v) is 13.4. The summed E-state index contributed by atoms with van der Waals surface area (Å²) < 4.78 is 0. The molecule has 2 aromatic heterocycles. The van der Waals surface area contributed by atoms with Crippen LogP contribution in [-0.4, -0.2) is 22.5 Å². The first-order valence-corrected chi connectivity index (χ1v) is 8.63. The molecule has 110 valence electrons. The number of carbonyl (C=O) groups is 1. The van der Waals surface area contributed by atoms with Crippen LogP contribution in [0.25, 0.3) is 6.08 Å². The minimum Gasteiger partial charge on any atom is -0.478 e. The van der Waals surface area contributed by atoms with Crippen LogP contribution < -0.4 is 0 Å². The summed E-state index contributed by atoms with van der Waals surface area (Å²) in [5, 5.41) is 10.8. The van der Waals surface area contributed by atoms with Crippen LogP contribution >= 0.6 is 22.7 Å². The number of thiophene rings is 2. The van der Waals surface area contributed by atoms with Crippen LogP contribution in [0, 0.1) is 0 Å². The van der Waals surface area contributed by atoms with Crippen LogP contribution in [0.15, 0.2) is 29.7 Å². The van der Waals surface area contributed by atoms with Crippen molar-refractivity contribution in [3.8, 4) is 0 Å². The Morgan fingerprint density at radius 1 is 1.48 bits per heavy atom. The number of hydrogen-bond donors (Lipinski definition) is 1.